The first kappa shape index (κ1) is 20.4. The summed E-state index contributed by atoms with van der Waals surface area (Å²) in [5.41, 5.74) is 1.73. The van der Waals surface area contributed by atoms with Crippen LogP contribution in [0.15, 0.2) is 24.3 Å². The van der Waals surface area contributed by atoms with Gasteiger partial charge < -0.3 is 15.0 Å². The molecular formula is C24H32N2O3S. The van der Waals surface area contributed by atoms with Gasteiger partial charge >= 0.3 is 0 Å². The molecule has 5 fully saturated rings. The quantitative estimate of drug-likeness (QED) is 0.754. The molecule has 30 heavy (non-hydrogen) atoms. The number of benzene rings is 1. The van der Waals surface area contributed by atoms with Crippen LogP contribution in [0.4, 0.5) is 0 Å². The Morgan fingerprint density at radius 3 is 2.20 bits per heavy atom. The molecule has 0 radical (unpaired) electrons. The van der Waals surface area contributed by atoms with Gasteiger partial charge in [0.15, 0.2) is 0 Å². The van der Waals surface area contributed by atoms with Gasteiger partial charge in [-0.2, -0.15) is 0 Å². The Labute approximate surface area is 183 Å². The molecule has 0 spiro atoms. The fraction of sp³-hybridized carbons (Fsp3) is 0.667. The molecule has 5 aliphatic rings. The monoisotopic (exact) mass is 428 g/mol. The molecule has 1 N–H and O–H groups in total. The van der Waals surface area contributed by atoms with Crippen LogP contribution in [0.5, 0.6) is 0 Å². The second-order valence-corrected chi connectivity index (χ2v) is 11.2. The van der Waals surface area contributed by atoms with Crippen molar-refractivity contribution in [3.63, 3.8) is 0 Å². The fourth-order valence-electron chi connectivity index (χ4n) is 6.39. The molecule has 6 rings (SSSR count). The smallest absolute Gasteiger partial charge is 0.254 e. The number of nitrogens with one attached hydrogen (secondary N) is 1. The van der Waals surface area contributed by atoms with Gasteiger partial charge in [0.25, 0.3) is 5.91 Å². The van der Waals surface area contributed by atoms with Crippen LogP contribution in [-0.2, 0) is 16.1 Å². The highest BCUT2D eigenvalue weighted by Gasteiger charge is 2.51. The van der Waals surface area contributed by atoms with Crippen molar-refractivity contribution in [2.75, 3.05) is 32.1 Å². The average Bonchev–Trinajstić information content (AvgIpc) is 2.76. The Bertz CT molecular complexity index is 753. The van der Waals surface area contributed by atoms with Gasteiger partial charge in [-0.15, -0.1) is 11.8 Å². The van der Waals surface area contributed by atoms with Gasteiger partial charge in [0.2, 0.25) is 5.91 Å². The van der Waals surface area contributed by atoms with Crippen molar-refractivity contribution >= 4 is 23.6 Å². The van der Waals surface area contributed by atoms with Crippen molar-refractivity contribution in [2.45, 2.75) is 49.8 Å². The van der Waals surface area contributed by atoms with E-state index in [1.807, 2.05) is 40.9 Å². The summed E-state index contributed by atoms with van der Waals surface area (Å²) < 4.78 is 5.69. The maximum absolute atomic E-state index is 12.5. The number of rotatable bonds is 6. The van der Waals surface area contributed by atoms with E-state index >= 15 is 0 Å². The second-order valence-electron chi connectivity index (χ2n) is 9.77. The van der Waals surface area contributed by atoms with Crippen LogP contribution in [0, 0.1) is 17.8 Å². The summed E-state index contributed by atoms with van der Waals surface area (Å²) in [6.45, 7) is 3.04. The van der Waals surface area contributed by atoms with Crippen LogP contribution in [0.3, 0.4) is 0 Å². The average molecular weight is 429 g/mol. The first-order chi connectivity index (χ1) is 14.6. The van der Waals surface area contributed by atoms with Crippen LogP contribution in [0.2, 0.25) is 0 Å². The predicted octanol–water partition coefficient (Wildman–Crippen LogP) is 3.48. The lowest BCUT2D eigenvalue weighted by Gasteiger charge is -2.56. The third-order valence-electron chi connectivity index (χ3n) is 7.48. The molecule has 0 unspecified atom stereocenters. The topological polar surface area (TPSA) is 58.6 Å². The molecule has 0 aromatic heterocycles. The summed E-state index contributed by atoms with van der Waals surface area (Å²) in [5.74, 6) is 3.52. The zero-order valence-electron chi connectivity index (χ0n) is 17.6. The number of amides is 2. The molecule has 1 aromatic carbocycles. The molecule has 4 saturated carbocycles. The van der Waals surface area contributed by atoms with Gasteiger partial charge in [0.05, 0.1) is 19.0 Å². The van der Waals surface area contributed by atoms with Gasteiger partial charge in [-0.3, -0.25) is 9.59 Å². The van der Waals surface area contributed by atoms with E-state index in [9.17, 15) is 9.59 Å². The lowest BCUT2D eigenvalue weighted by molar-refractivity contribution is -0.118. The van der Waals surface area contributed by atoms with E-state index in [1.54, 1.807) is 0 Å². The molecule has 2 amide bonds. The van der Waals surface area contributed by atoms with Crippen LogP contribution >= 0.6 is 11.8 Å². The molecule has 1 aliphatic heterocycles. The maximum Gasteiger partial charge on any atom is 0.254 e. The summed E-state index contributed by atoms with van der Waals surface area (Å²) in [5, 5.41) is 3.07. The summed E-state index contributed by atoms with van der Waals surface area (Å²) in [7, 11) is 0. The molecule has 6 heteroatoms. The van der Waals surface area contributed by atoms with E-state index in [-0.39, 0.29) is 11.8 Å². The van der Waals surface area contributed by atoms with Crippen molar-refractivity contribution in [1.29, 1.82) is 0 Å². The molecule has 1 heterocycles. The van der Waals surface area contributed by atoms with Crippen molar-refractivity contribution in [1.82, 2.24) is 10.2 Å². The Morgan fingerprint density at radius 2 is 1.60 bits per heavy atom. The normalized spacial score (nSPS) is 32.3. The summed E-state index contributed by atoms with van der Waals surface area (Å²) in [4.78, 5) is 26.8. The highest BCUT2D eigenvalue weighted by atomic mass is 32.2. The number of ether oxygens (including phenoxy) is 1. The molecule has 162 valence electrons. The van der Waals surface area contributed by atoms with E-state index in [4.69, 9.17) is 4.74 Å². The Balaban J connectivity index is 1.09. The van der Waals surface area contributed by atoms with Gasteiger partial charge in [0, 0.05) is 29.9 Å². The van der Waals surface area contributed by atoms with Crippen molar-refractivity contribution in [3.8, 4) is 0 Å². The third kappa shape index (κ3) is 4.40. The highest BCUT2D eigenvalue weighted by molar-refractivity contribution is 8.01. The first-order valence-corrected chi connectivity index (χ1v) is 12.4. The second kappa shape index (κ2) is 8.54. The molecule has 1 aromatic rings. The standard InChI is InChI=1S/C24H32N2O3S/c27-22(16-30-24-12-18-9-19(13-24)11-20(10-18)14-24)25-15-17-1-3-21(4-2-17)23(28)26-5-7-29-8-6-26/h1-4,18-20H,5-16H2,(H,25,27). The van der Waals surface area contributed by atoms with Crippen molar-refractivity contribution in [3.05, 3.63) is 35.4 Å². The Morgan fingerprint density at radius 1 is 1.00 bits per heavy atom. The molecule has 4 bridgehead atoms. The SMILES string of the molecule is O=C(CSC12CC3CC(CC(C3)C1)C2)NCc1ccc(C(=O)N2CCOCC2)cc1. The van der Waals surface area contributed by atoms with Crippen molar-refractivity contribution in [2.24, 2.45) is 17.8 Å². The predicted molar refractivity (Wildman–Crippen MR) is 118 cm³/mol. The minimum atomic E-state index is 0.0564. The Hall–Kier alpha value is -1.53. The molecular weight excluding hydrogens is 396 g/mol. The van der Waals surface area contributed by atoms with E-state index in [0.717, 1.165) is 23.3 Å². The number of hydrogen-bond acceptors (Lipinski definition) is 4. The van der Waals surface area contributed by atoms with E-state index in [1.165, 1.54) is 38.5 Å². The number of nitrogens with zero attached hydrogens (tertiary/aromatic N) is 1. The highest BCUT2D eigenvalue weighted by Crippen LogP contribution is 2.60. The summed E-state index contributed by atoms with van der Waals surface area (Å²) >= 11 is 1.93. The van der Waals surface area contributed by atoms with Gasteiger partial charge in [0.1, 0.15) is 0 Å². The maximum atomic E-state index is 12.5. The largest absolute Gasteiger partial charge is 0.378 e. The van der Waals surface area contributed by atoms with E-state index in [0.29, 0.717) is 48.9 Å². The zero-order chi connectivity index (χ0) is 20.6. The minimum Gasteiger partial charge on any atom is -0.378 e. The van der Waals surface area contributed by atoms with E-state index < -0.39 is 0 Å². The minimum absolute atomic E-state index is 0.0564. The van der Waals surface area contributed by atoms with Crippen LogP contribution in [-0.4, -0.2) is 53.5 Å². The zero-order valence-corrected chi connectivity index (χ0v) is 18.4. The summed E-state index contributed by atoms with van der Waals surface area (Å²) in [6.07, 6.45) is 8.31. The lowest BCUT2D eigenvalue weighted by atomic mass is 9.56. The molecule has 4 aliphatic carbocycles. The van der Waals surface area contributed by atoms with Gasteiger partial charge in [-0.05, 0) is 74.0 Å². The van der Waals surface area contributed by atoms with Crippen LogP contribution in [0.1, 0.15) is 54.4 Å². The lowest BCUT2D eigenvalue weighted by Crippen LogP contribution is -2.49. The number of carbonyl (C=O) groups excluding carboxylic acids is 2. The van der Waals surface area contributed by atoms with Gasteiger partial charge in [-0.1, -0.05) is 12.1 Å². The van der Waals surface area contributed by atoms with Crippen LogP contribution < -0.4 is 5.32 Å². The number of morpholine rings is 1. The number of carbonyl (C=O) groups is 2. The number of hydrogen-bond donors (Lipinski definition) is 1. The number of thioether (sulfide) groups is 1. The summed E-state index contributed by atoms with van der Waals surface area (Å²) in [6, 6.07) is 7.62. The first-order valence-electron chi connectivity index (χ1n) is 11.5. The van der Waals surface area contributed by atoms with E-state index in [2.05, 4.69) is 5.32 Å². The molecule has 1 saturated heterocycles. The Kier molecular flexibility index (Phi) is 5.80. The molecule has 5 nitrogen and oxygen atoms in total. The third-order valence-corrected chi connectivity index (χ3v) is 9.00. The van der Waals surface area contributed by atoms with Crippen LogP contribution in [0.25, 0.3) is 0 Å². The van der Waals surface area contributed by atoms with Crippen molar-refractivity contribution < 1.29 is 14.3 Å². The molecule has 0 atom stereocenters. The fourth-order valence-corrected chi connectivity index (χ4v) is 7.99. The van der Waals surface area contributed by atoms with Gasteiger partial charge in [-0.25, -0.2) is 0 Å².